The molecule has 6 nitrogen and oxygen atoms in total. The molecule has 0 saturated heterocycles. The monoisotopic (exact) mass is 249 g/mol. The van der Waals surface area contributed by atoms with Crippen molar-refractivity contribution in [2.75, 3.05) is 5.32 Å². The van der Waals surface area contributed by atoms with Crippen molar-refractivity contribution >= 4 is 17.7 Å². The molecule has 96 valence electrons. The number of nitrogens with one attached hydrogen (secondary N) is 2. The Hall–Kier alpha value is -2.11. The number of urea groups is 1. The molecule has 2 amide bonds. The molecule has 1 aliphatic carbocycles. The topological polar surface area (TPSA) is 91.3 Å². The van der Waals surface area contributed by atoms with E-state index in [2.05, 4.69) is 15.6 Å². The highest BCUT2D eigenvalue weighted by molar-refractivity contribution is 5.89. The first-order chi connectivity index (χ1) is 8.65. The molecule has 2 rings (SSSR count). The first-order valence-electron chi connectivity index (χ1n) is 5.85. The summed E-state index contributed by atoms with van der Waals surface area (Å²) in [5.74, 6) is -1.12. The van der Waals surface area contributed by atoms with Crippen LogP contribution in [0.25, 0.3) is 0 Å². The number of pyridine rings is 1. The molecule has 18 heavy (non-hydrogen) atoms. The number of carbonyl (C=O) groups is 2. The van der Waals surface area contributed by atoms with Crippen LogP contribution < -0.4 is 10.6 Å². The third-order valence-corrected chi connectivity index (χ3v) is 3.04. The maximum Gasteiger partial charge on any atom is 0.319 e. The Labute approximate surface area is 104 Å². The molecule has 2 unspecified atom stereocenters. The smallest absolute Gasteiger partial charge is 0.319 e. The van der Waals surface area contributed by atoms with E-state index >= 15 is 0 Å². The number of carboxylic acids is 1. The maximum atomic E-state index is 11.6. The van der Waals surface area contributed by atoms with Gasteiger partial charge in [0.25, 0.3) is 0 Å². The summed E-state index contributed by atoms with van der Waals surface area (Å²) in [5.41, 5.74) is 0.614. The molecule has 0 aromatic carbocycles. The van der Waals surface area contributed by atoms with E-state index in [1.165, 1.54) is 0 Å². The first-order valence-corrected chi connectivity index (χ1v) is 5.85. The molecule has 2 atom stereocenters. The quantitative estimate of drug-likeness (QED) is 0.756. The van der Waals surface area contributed by atoms with Crippen LogP contribution in [-0.2, 0) is 4.79 Å². The minimum atomic E-state index is -0.785. The fraction of sp³-hybridized carbons (Fsp3) is 0.417. The molecule has 1 aromatic heterocycles. The van der Waals surface area contributed by atoms with Gasteiger partial charge < -0.3 is 15.7 Å². The molecular weight excluding hydrogens is 234 g/mol. The van der Waals surface area contributed by atoms with Gasteiger partial charge in [-0.2, -0.15) is 0 Å². The number of rotatable bonds is 3. The van der Waals surface area contributed by atoms with Crippen LogP contribution in [0.2, 0.25) is 0 Å². The van der Waals surface area contributed by atoms with Crippen LogP contribution in [0.5, 0.6) is 0 Å². The lowest BCUT2D eigenvalue weighted by Gasteiger charge is -2.13. The number of amides is 2. The SMILES string of the molecule is O=C(Nc1cccnc1)NC1CCC(C(=O)O)C1. The second-order valence-electron chi connectivity index (χ2n) is 4.39. The number of hydrogen-bond donors (Lipinski definition) is 3. The van der Waals surface area contributed by atoms with Gasteiger partial charge >= 0.3 is 12.0 Å². The Morgan fingerprint density at radius 2 is 2.22 bits per heavy atom. The lowest BCUT2D eigenvalue weighted by Crippen LogP contribution is -2.36. The zero-order chi connectivity index (χ0) is 13.0. The Morgan fingerprint density at radius 1 is 1.39 bits per heavy atom. The number of carboxylic acid groups (broad SMARTS) is 1. The second-order valence-corrected chi connectivity index (χ2v) is 4.39. The molecule has 1 aliphatic rings. The first kappa shape index (κ1) is 12.3. The number of carbonyl (C=O) groups excluding carboxylic acids is 1. The van der Waals surface area contributed by atoms with Gasteiger partial charge in [0, 0.05) is 12.2 Å². The van der Waals surface area contributed by atoms with Crippen LogP contribution in [0.3, 0.4) is 0 Å². The Bertz CT molecular complexity index is 435. The van der Waals surface area contributed by atoms with Crippen LogP contribution in [0.4, 0.5) is 10.5 Å². The predicted molar refractivity (Wildman–Crippen MR) is 65.2 cm³/mol. The average molecular weight is 249 g/mol. The van der Waals surface area contributed by atoms with Crippen molar-refractivity contribution in [3.05, 3.63) is 24.5 Å². The lowest BCUT2D eigenvalue weighted by molar-refractivity contribution is -0.141. The number of aliphatic carboxylic acids is 1. The lowest BCUT2D eigenvalue weighted by atomic mass is 10.1. The summed E-state index contributed by atoms with van der Waals surface area (Å²) in [6, 6.07) is 3.08. The summed E-state index contributed by atoms with van der Waals surface area (Å²) in [4.78, 5) is 26.3. The number of anilines is 1. The summed E-state index contributed by atoms with van der Waals surface area (Å²) in [5, 5.41) is 14.3. The largest absolute Gasteiger partial charge is 0.481 e. The van der Waals surface area contributed by atoms with Gasteiger partial charge in [-0.05, 0) is 31.4 Å². The van der Waals surface area contributed by atoms with E-state index in [-0.39, 0.29) is 18.0 Å². The minimum absolute atomic E-state index is 0.0669. The van der Waals surface area contributed by atoms with Crippen LogP contribution in [-0.4, -0.2) is 28.1 Å². The van der Waals surface area contributed by atoms with E-state index < -0.39 is 5.97 Å². The normalized spacial score (nSPS) is 22.4. The maximum absolute atomic E-state index is 11.6. The highest BCUT2D eigenvalue weighted by atomic mass is 16.4. The fourth-order valence-corrected chi connectivity index (χ4v) is 2.13. The van der Waals surface area contributed by atoms with Crippen molar-refractivity contribution in [2.45, 2.75) is 25.3 Å². The molecule has 0 bridgehead atoms. The van der Waals surface area contributed by atoms with Crippen LogP contribution in [0.1, 0.15) is 19.3 Å². The van der Waals surface area contributed by atoms with Gasteiger partial charge in [-0.3, -0.25) is 9.78 Å². The zero-order valence-corrected chi connectivity index (χ0v) is 9.80. The second kappa shape index (κ2) is 5.48. The number of nitrogens with zero attached hydrogens (tertiary/aromatic N) is 1. The van der Waals surface area contributed by atoms with E-state index in [1.807, 2.05) is 0 Å². The number of aromatic nitrogens is 1. The summed E-state index contributed by atoms with van der Waals surface area (Å²) in [6.07, 6.45) is 4.99. The van der Waals surface area contributed by atoms with E-state index in [4.69, 9.17) is 5.11 Å². The van der Waals surface area contributed by atoms with Crippen LogP contribution >= 0.6 is 0 Å². The summed E-state index contributed by atoms with van der Waals surface area (Å²) in [6.45, 7) is 0. The molecule has 1 saturated carbocycles. The molecular formula is C12H15N3O3. The van der Waals surface area contributed by atoms with E-state index in [0.29, 0.717) is 24.9 Å². The molecule has 1 aromatic rings. The Kier molecular flexibility index (Phi) is 3.76. The molecule has 3 N–H and O–H groups in total. The van der Waals surface area contributed by atoms with Crippen LogP contribution in [0, 0.1) is 5.92 Å². The van der Waals surface area contributed by atoms with Gasteiger partial charge in [0.05, 0.1) is 17.8 Å². The van der Waals surface area contributed by atoms with Crippen molar-refractivity contribution in [1.29, 1.82) is 0 Å². The van der Waals surface area contributed by atoms with Crippen molar-refractivity contribution in [2.24, 2.45) is 5.92 Å². The molecule has 6 heteroatoms. The van der Waals surface area contributed by atoms with Crippen molar-refractivity contribution in [1.82, 2.24) is 10.3 Å². The van der Waals surface area contributed by atoms with E-state index in [9.17, 15) is 9.59 Å². The Morgan fingerprint density at radius 3 is 2.83 bits per heavy atom. The van der Waals surface area contributed by atoms with Gasteiger partial charge in [-0.25, -0.2) is 4.79 Å². The van der Waals surface area contributed by atoms with Gasteiger partial charge in [0.15, 0.2) is 0 Å². The van der Waals surface area contributed by atoms with Gasteiger partial charge in [-0.15, -0.1) is 0 Å². The van der Waals surface area contributed by atoms with Crippen molar-refractivity contribution in [3.63, 3.8) is 0 Å². The highest BCUT2D eigenvalue weighted by Crippen LogP contribution is 2.25. The molecule has 1 heterocycles. The fourth-order valence-electron chi connectivity index (χ4n) is 2.13. The summed E-state index contributed by atoms with van der Waals surface area (Å²) in [7, 11) is 0. The standard InChI is InChI=1S/C12H15N3O3/c16-11(17)8-3-4-9(6-8)14-12(18)15-10-2-1-5-13-7-10/h1-2,5,7-9H,3-4,6H2,(H,16,17)(H2,14,15,18). The number of hydrogen-bond acceptors (Lipinski definition) is 3. The van der Waals surface area contributed by atoms with E-state index in [1.54, 1.807) is 24.5 Å². The highest BCUT2D eigenvalue weighted by Gasteiger charge is 2.30. The van der Waals surface area contributed by atoms with Crippen molar-refractivity contribution in [3.8, 4) is 0 Å². The zero-order valence-electron chi connectivity index (χ0n) is 9.80. The predicted octanol–water partition coefficient (Wildman–Crippen LogP) is 1.46. The molecule has 1 fully saturated rings. The third kappa shape index (κ3) is 3.19. The van der Waals surface area contributed by atoms with Crippen molar-refractivity contribution < 1.29 is 14.7 Å². The Balaban J connectivity index is 1.80. The molecule has 0 aliphatic heterocycles. The summed E-state index contributed by atoms with van der Waals surface area (Å²) >= 11 is 0. The van der Waals surface area contributed by atoms with Gasteiger partial charge in [0.2, 0.25) is 0 Å². The van der Waals surface area contributed by atoms with Crippen LogP contribution in [0.15, 0.2) is 24.5 Å². The van der Waals surface area contributed by atoms with E-state index in [0.717, 1.165) is 0 Å². The third-order valence-electron chi connectivity index (χ3n) is 3.04. The van der Waals surface area contributed by atoms with Gasteiger partial charge in [-0.1, -0.05) is 0 Å². The molecule has 0 spiro atoms. The molecule has 0 radical (unpaired) electrons. The average Bonchev–Trinajstić information content (AvgIpc) is 2.78. The minimum Gasteiger partial charge on any atom is -0.481 e. The summed E-state index contributed by atoms with van der Waals surface area (Å²) < 4.78 is 0. The van der Waals surface area contributed by atoms with Gasteiger partial charge in [0.1, 0.15) is 0 Å².